The van der Waals surface area contributed by atoms with Crippen LogP contribution in [0.15, 0.2) is 10.5 Å². The van der Waals surface area contributed by atoms with Crippen molar-refractivity contribution in [2.45, 2.75) is 50.1 Å². The summed E-state index contributed by atoms with van der Waals surface area (Å²) in [5.41, 5.74) is -0.804. The maximum absolute atomic E-state index is 12.9. The Hall–Kier alpha value is -1.86. The highest BCUT2D eigenvalue weighted by atomic mass is 19.4. The zero-order valence-electron chi connectivity index (χ0n) is 13.9. The van der Waals surface area contributed by atoms with Gasteiger partial charge in [-0.1, -0.05) is 0 Å². The molecule has 0 radical (unpaired) electrons. The smallest absolute Gasteiger partial charge is 0.419 e. The van der Waals surface area contributed by atoms with E-state index in [1.807, 2.05) is 0 Å². The predicted molar refractivity (Wildman–Crippen MR) is 81.4 cm³/mol. The van der Waals surface area contributed by atoms with Crippen LogP contribution in [0.2, 0.25) is 0 Å². The zero-order chi connectivity index (χ0) is 17.4. The summed E-state index contributed by atoms with van der Waals surface area (Å²) in [5, 5.41) is 11.8. The number of aromatic nitrogens is 4. The maximum atomic E-state index is 12.9. The average Bonchev–Trinajstić information content (AvgIpc) is 3.11. The second kappa shape index (κ2) is 4.86. The quantitative estimate of drug-likeness (QED) is 0.821. The van der Waals surface area contributed by atoms with Crippen LogP contribution < -0.4 is 0 Å². The van der Waals surface area contributed by atoms with Crippen molar-refractivity contribution in [3.8, 4) is 11.6 Å². The van der Waals surface area contributed by atoms with Gasteiger partial charge < -0.3 is 4.42 Å². The van der Waals surface area contributed by atoms with E-state index >= 15 is 0 Å². The third kappa shape index (κ3) is 2.33. The van der Waals surface area contributed by atoms with E-state index in [4.69, 9.17) is 4.42 Å². The lowest BCUT2D eigenvalue weighted by Gasteiger charge is -2.55. The van der Waals surface area contributed by atoms with Crippen LogP contribution in [0, 0.1) is 17.8 Å². The zero-order valence-corrected chi connectivity index (χ0v) is 13.9. The van der Waals surface area contributed by atoms with Gasteiger partial charge in [-0.25, -0.2) is 0 Å². The SMILES string of the molecule is Cn1nc(C(F)(F)F)cc1-c1nnc(C23CC4CC(CC(C4)C2)C3)o1. The van der Waals surface area contributed by atoms with E-state index in [0.29, 0.717) is 5.89 Å². The van der Waals surface area contributed by atoms with Crippen molar-refractivity contribution < 1.29 is 17.6 Å². The van der Waals surface area contributed by atoms with Crippen molar-refractivity contribution in [2.24, 2.45) is 24.8 Å². The lowest BCUT2D eigenvalue weighted by molar-refractivity contribution is -0.141. The van der Waals surface area contributed by atoms with Crippen LogP contribution in [0.25, 0.3) is 11.6 Å². The summed E-state index contributed by atoms with van der Waals surface area (Å²) >= 11 is 0. The molecule has 4 fully saturated rings. The fourth-order valence-electron chi connectivity index (χ4n) is 5.72. The van der Waals surface area contributed by atoms with Gasteiger partial charge in [-0.05, 0) is 56.3 Å². The first-order valence-corrected chi connectivity index (χ1v) is 8.78. The van der Waals surface area contributed by atoms with Crippen LogP contribution in [0.5, 0.6) is 0 Å². The van der Waals surface area contributed by atoms with Crippen molar-refractivity contribution >= 4 is 0 Å². The number of alkyl halides is 3. The second-order valence-electron chi connectivity index (χ2n) is 8.15. The summed E-state index contributed by atoms with van der Waals surface area (Å²) in [7, 11) is 1.46. The molecule has 4 aliphatic carbocycles. The third-order valence-corrected chi connectivity index (χ3v) is 6.31. The van der Waals surface area contributed by atoms with E-state index in [0.717, 1.165) is 47.8 Å². The summed E-state index contributed by atoms with van der Waals surface area (Å²) in [4.78, 5) is 0. The predicted octanol–water partition coefficient (Wildman–Crippen LogP) is 3.96. The van der Waals surface area contributed by atoms with Crippen LogP contribution >= 0.6 is 0 Å². The number of hydrogen-bond acceptors (Lipinski definition) is 4. The highest BCUT2D eigenvalue weighted by Crippen LogP contribution is 2.60. The Kier molecular flexibility index (Phi) is 2.99. The van der Waals surface area contributed by atoms with Gasteiger partial charge in [0.05, 0.1) is 0 Å². The minimum Gasteiger partial charge on any atom is -0.419 e. The fraction of sp³-hybridized carbons (Fsp3) is 0.706. The number of hydrogen-bond donors (Lipinski definition) is 0. The molecule has 2 aromatic rings. The molecule has 0 amide bonds. The van der Waals surface area contributed by atoms with Gasteiger partial charge >= 0.3 is 6.18 Å². The molecule has 0 aromatic carbocycles. The molecule has 2 heterocycles. The normalized spacial score (nSPS) is 34.0. The average molecular weight is 352 g/mol. The second-order valence-corrected chi connectivity index (χ2v) is 8.15. The largest absolute Gasteiger partial charge is 0.435 e. The Morgan fingerprint density at radius 3 is 2.20 bits per heavy atom. The van der Waals surface area contributed by atoms with Crippen molar-refractivity contribution in [1.29, 1.82) is 0 Å². The summed E-state index contributed by atoms with van der Waals surface area (Å²) in [6.07, 6.45) is 2.63. The Morgan fingerprint density at radius 1 is 1.08 bits per heavy atom. The van der Waals surface area contributed by atoms with E-state index in [-0.39, 0.29) is 17.0 Å². The number of aryl methyl sites for hydroxylation is 1. The molecule has 0 atom stereocenters. The molecule has 4 aliphatic rings. The summed E-state index contributed by atoms with van der Waals surface area (Å²) < 4.78 is 45.7. The minimum atomic E-state index is -4.49. The monoisotopic (exact) mass is 352 g/mol. The first-order valence-electron chi connectivity index (χ1n) is 8.78. The standard InChI is InChI=1S/C17H19F3N4O/c1-24-12(5-13(23-24)17(18,19)20)14-21-22-15(25-14)16-6-9-2-10(7-16)4-11(3-9)8-16/h5,9-11H,2-4,6-8H2,1H3. The van der Waals surface area contributed by atoms with Gasteiger partial charge in [0, 0.05) is 18.5 Å². The van der Waals surface area contributed by atoms with Gasteiger partial charge in [-0.15, -0.1) is 10.2 Å². The summed E-state index contributed by atoms with van der Waals surface area (Å²) in [5.74, 6) is 2.92. The molecular formula is C17H19F3N4O. The molecular weight excluding hydrogens is 333 g/mol. The third-order valence-electron chi connectivity index (χ3n) is 6.31. The Balaban J connectivity index is 1.50. The highest BCUT2D eigenvalue weighted by molar-refractivity contribution is 5.48. The molecule has 0 N–H and O–H groups in total. The van der Waals surface area contributed by atoms with Gasteiger partial charge in [-0.3, -0.25) is 4.68 Å². The van der Waals surface area contributed by atoms with E-state index in [1.165, 1.54) is 26.3 Å². The van der Waals surface area contributed by atoms with E-state index in [1.54, 1.807) is 0 Å². The first-order chi connectivity index (χ1) is 11.8. The van der Waals surface area contributed by atoms with E-state index in [2.05, 4.69) is 15.3 Å². The van der Waals surface area contributed by atoms with Gasteiger partial charge in [0.1, 0.15) is 5.69 Å². The molecule has 4 saturated carbocycles. The lowest BCUT2D eigenvalue weighted by atomic mass is 9.49. The summed E-state index contributed by atoms with van der Waals surface area (Å²) in [6, 6.07) is 0.969. The maximum Gasteiger partial charge on any atom is 0.435 e. The number of rotatable bonds is 2. The van der Waals surface area contributed by atoms with Crippen LogP contribution in [-0.2, 0) is 18.6 Å². The van der Waals surface area contributed by atoms with Crippen molar-refractivity contribution in [2.75, 3.05) is 0 Å². The van der Waals surface area contributed by atoms with E-state index < -0.39 is 11.9 Å². The van der Waals surface area contributed by atoms with Crippen molar-refractivity contribution in [3.63, 3.8) is 0 Å². The van der Waals surface area contributed by atoms with Crippen molar-refractivity contribution in [1.82, 2.24) is 20.0 Å². The topological polar surface area (TPSA) is 56.7 Å². The van der Waals surface area contributed by atoms with Crippen molar-refractivity contribution in [3.05, 3.63) is 17.7 Å². The molecule has 2 aromatic heterocycles. The molecule has 0 aliphatic heterocycles. The fourth-order valence-corrected chi connectivity index (χ4v) is 5.72. The molecule has 5 nitrogen and oxygen atoms in total. The molecule has 25 heavy (non-hydrogen) atoms. The Labute approximate surface area is 142 Å². The Bertz CT molecular complexity index is 787. The Morgan fingerprint density at radius 2 is 1.68 bits per heavy atom. The summed E-state index contributed by atoms with van der Waals surface area (Å²) in [6.45, 7) is 0. The van der Waals surface area contributed by atoms with Crippen LogP contribution in [0.3, 0.4) is 0 Å². The highest BCUT2D eigenvalue weighted by Gasteiger charge is 2.54. The van der Waals surface area contributed by atoms with E-state index in [9.17, 15) is 13.2 Å². The van der Waals surface area contributed by atoms with Gasteiger partial charge in [0.15, 0.2) is 5.69 Å². The molecule has 0 unspecified atom stereocenters. The minimum absolute atomic E-state index is 0.0640. The van der Waals surface area contributed by atoms with Gasteiger partial charge in [0.25, 0.3) is 5.89 Å². The lowest BCUT2D eigenvalue weighted by Crippen LogP contribution is -2.48. The van der Waals surface area contributed by atoms with Crippen LogP contribution in [-0.4, -0.2) is 20.0 Å². The van der Waals surface area contributed by atoms with Gasteiger partial charge in [0.2, 0.25) is 5.89 Å². The van der Waals surface area contributed by atoms with Crippen LogP contribution in [0.1, 0.15) is 50.1 Å². The molecule has 8 heteroatoms. The molecule has 6 rings (SSSR count). The number of nitrogens with zero attached hydrogens (tertiary/aromatic N) is 4. The molecule has 134 valence electrons. The van der Waals surface area contributed by atoms with Crippen LogP contribution in [0.4, 0.5) is 13.2 Å². The number of halogens is 3. The molecule has 0 spiro atoms. The molecule has 0 saturated heterocycles. The van der Waals surface area contributed by atoms with Gasteiger partial charge in [-0.2, -0.15) is 18.3 Å². The molecule has 4 bridgehead atoms. The first kappa shape index (κ1) is 15.4.